The van der Waals surface area contributed by atoms with Crippen LogP contribution < -0.4 is 0 Å². The lowest BCUT2D eigenvalue weighted by Gasteiger charge is -2.34. The van der Waals surface area contributed by atoms with Crippen LogP contribution in [0.1, 0.15) is 35.3 Å². The van der Waals surface area contributed by atoms with Crippen LogP contribution in [-0.4, -0.2) is 0 Å². The molecule has 0 aliphatic heterocycles. The molecule has 0 nitrogen and oxygen atoms in total. The first-order chi connectivity index (χ1) is 4.59. The second-order valence-electron chi connectivity index (χ2n) is 3.15. The first kappa shape index (κ1) is 3.24. The van der Waals surface area contributed by atoms with E-state index in [4.69, 9.17) is 2.74 Å². The highest BCUT2D eigenvalue weighted by Gasteiger charge is 2.44. The molecule has 3 rings (SSSR count). The fourth-order valence-electron chi connectivity index (χ4n) is 2.37. The molecule has 46 valence electrons. The third kappa shape index (κ3) is 0.416. The Labute approximate surface area is 54.1 Å². The minimum absolute atomic E-state index is 0.410. The predicted octanol–water partition coefficient (Wildman–Crippen LogP) is 2.44. The van der Waals surface area contributed by atoms with Crippen molar-refractivity contribution >= 4 is 0 Å². The molecule has 3 fully saturated rings. The van der Waals surface area contributed by atoms with E-state index in [9.17, 15) is 0 Å². The summed E-state index contributed by atoms with van der Waals surface area (Å²) >= 11 is 0. The Balaban J connectivity index is 2.09. The van der Waals surface area contributed by atoms with E-state index < -0.39 is 6.37 Å². The average molecular weight is 112 g/mol. The van der Waals surface area contributed by atoms with E-state index in [1.54, 1.807) is 6.92 Å². The fraction of sp³-hybridized carbons (Fsp3) is 1.00. The van der Waals surface area contributed by atoms with Crippen LogP contribution in [0.4, 0.5) is 0 Å². The standard InChI is InChI=1S/C8H14/c1-2-8-6-3-4-7(8)5-6/h6-8H,2-5H2,1H3/i2D2. The van der Waals surface area contributed by atoms with Gasteiger partial charge in [0.25, 0.3) is 0 Å². The summed E-state index contributed by atoms with van der Waals surface area (Å²) in [4.78, 5) is 0. The van der Waals surface area contributed by atoms with Crippen LogP contribution in [0.2, 0.25) is 0 Å². The van der Waals surface area contributed by atoms with Crippen LogP contribution in [0, 0.1) is 17.8 Å². The minimum Gasteiger partial charge on any atom is -0.0651 e. The molecule has 0 heterocycles. The highest BCUT2D eigenvalue weighted by Crippen LogP contribution is 2.54. The molecule has 0 saturated heterocycles. The Morgan fingerprint density at radius 3 is 2.38 bits per heavy atom. The van der Waals surface area contributed by atoms with Crippen molar-refractivity contribution in [1.82, 2.24) is 0 Å². The molecule has 2 bridgehead atoms. The van der Waals surface area contributed by atoms with Crippen molar-refractivity contribution in [2.24, 2.45) is 17.8 Å². The van der Waals surface area contributed by atoms with Gasteiger partial charge >= 0.3 is 0 Å². The second-order valence-corrected chi connectivity index (χ2v) is 3.15. The summed E-state index contributed by atoms with van der Waals surface area (Å²) in [6.07, 6.45) is 3.01. The molecule has 3 saturated carbocycles. The SMILES string of the molecule is [2H]C([2H])(C)C1C2CCC1C2. The third-order valence-corrected chi connectivity index (χ3v) is 2.86. The first-order valence-corrected chi connectivity index (χ1v) is 3.59. The van der Waals surface area contributed by atoms with Gasteiger partial charge in [-0.2, -0.15) is 0 Å². The van der Waals surface area contributed by atoms with Crippen LogP contribution in [0.5, 0.6) is 0 Å². The van der Waals surface area contributed by atoms with Crippen molar-refractivity contribution in [1.29, 1.82) is 0 Å². The summed E-state index contributed by atoms with van der Waals surface area (Å²) in [7, 11) is 0. The molecular weight excluding hydrogens is 96.1 g/mol. The van der Waals surface area contributed by atoms with Crippen LogP contribution >= 0.6 is 0 Å². The Morgan fingerprint density at radius 2 is 2.12 bits per heavy atom. The zero-order chi connectivity index (χ0) is 7.35. The van der Waals surface area contributed by atoms with Gasteiger partial charge in [-0.1, -0.05) is 13.3 Å². The van der Waals surface area contributed by atoms with Crippen LogP contribution in [0.3, 0.4) is 0 Å². The minimum atomic E-state index is -0.899. The average Bonchev–Trinajstić information content (AvgIpc) is 2.08. The van der Waals surface area contributed by atoms with Gasteiger partial charge in [-0.15, -0.1) is 0 Å². The lowest BCUT2D eigenvalue weighted by Crippen LogP contribution is -2.26. The Bertz CT molecular complexity index is 134. The lowest BCUT2D eigenvalue weighted by atomic mass is 9.71. The number of hydrogen-bond donors (Lipinski definition) is 0. The molecule has 0 aromatic rings. The van der Waals surface area contributed by atoms with E-state index in [0.29, 0.717) is 5.92 Å². The summed E-state index contributed by atoms with van der Waals surface area (Å²) in [5.74, 6) is 1.89. The molecule has 0 N–H and O–H groups in total. The van der Waals surface area contributed by atoms with Crippen molar-refractivity contribution in [2.75, 3.05) is 0 Å². The van der Waals surface area contributed by atoms with E-state index in [1.807, 2.05) is 0 Å². The Hall–Kier alpha value is 0. The monoisotopic (exact) mass is 112 g/mol. The molecule has 0 heteroatoms. The topological polar surface area (TPSA) is 0 Å². The Morgan fingerprint density at radius 1 is 1.50 bits per heavy atom. The zero-order valence-corrected chi connectivity index (χ0v) is 5.35. The van der Waals surface area contributed by atoms with E-state index in [-0.39, 0.29) is 0 Å². The molecule has 3 aliphatic carbocycles. The summed E-state index contributed by atoms with van der Waals surface area (Å²) in [5, 5.41) is 0. The lowest BCUT2D eigenvalue weighted by molar-refractivity contribution is 0.152. The zero-order valence-electron chi connectivity index (χ0n) is 7.35. The van der Waals surface area contributed by atoms with Gasteiger partial charge in [0, 0.05) is 2.74 Å². The van der Waals surface area contributed by atoms with Gasteiger partial charge in [-0.3, -0.25) is 0 Å². The molecule has 8 heavy (non-hydrogen) atoms. The van der Waals surface area contributed by atoms with Crippen LogP contribution in [0.15, 0.2) is 0 Å². The molecule has 3 aliphatic rings. The predicted molar refractivity (Wildman–Crippen MR) is 34.6 cm³/mol. The van der Waals surface area contributed by atoms with Crippen molar-refractivity contribution in [3.05, 3.63) is 0 Å². The van der Waals surface area contributed by atoms with E-state index in [0.717, 1.165) is 11.8 Å². The second kappa shape index (κ2) is 1.49. The highest BCUT2D eigenvalue weighted by molar-refractivity contribution is 4.94. The molecule has 0 amide bonds. The maximum Gasteiger partial charge on any atom is 0.0267 e. The molecular formula is C8H14. The maximum atomic E-state index is 7.56. The first-order valence-electron chi connectivity index (χ1n) is 4.59. The van der Waals surface area contributed by atoms with Gasteiger partial charge in [0.1, 0.15) is 0 Å². The summed E-state index contributed by atoms with van der Waals surface area (Å²) < 4.78 is 15.1. The summed E-state index contributed by atoms with van der Waals surface area (Å²) in [6, 6.07) is 0. The van der Waals surface area contributed by atoms with Crippen LogP contribution in [-0.2, 0) is 0 Å². The van der Waals surface area contributed by atoms with Crippen LogP contribution in [0.25, 0.3) is 0 Å². The van der Waals surface area contributed by atoms with Crippen molar-refractivity contribution in [2.45, 2.75) is 32.6 Å². The molecule has 0 aromatic carbocycles. The number of hydrogen-bond acceptors (Lipinski definition) is 0. The van der Waals surface area contributed by atoms with Gasteiger partial charge in [0.2, 0.25) is 0 Å². The number of fused-ring (bicyclic) bond motifs is 1. The Kier molecular flexibility index (Phi) is 0.604. The van der Waals surface area contributed by atoms with E-state index >= 15 is 0 Å². The van der Waals surface area contributed by atoms with Crippen molar-refractivity contribution < 1.29 is 2.74 Å². The molecule has 0 radical (unpaired) electrons. The molecule has 2 atom stereocenters. The smallest absolute Gasteiger partial charge is 0.0267 e. The van der Waals surface area contributed by atoms with E-state index in [2.05, 4.69) is 0 Å². The van der Waals surface area contributed by atoms with Crippen molar-refractivity contribution in [3.8, 4) is 0 Å². The molecule has 2 unspecified atom stereocenters. The van der Waals surface area contributed by atoms with Gasteiger partial charge in [0.15, 0.2) is 0 Å². The molecule has 0 spiro atoms. The van der Waals surface area contributed by atoms with Gasteiger partial charge in [0.05, 0.1) is 0 Å². The largest absolute Gasteiger partial charge is 0.0651 e. The summed E-state index contributed by atoms with van der Waals surface area (Å²) in [6.45, 7) is 1.74. The van der Waals surface area contributed by atoms with E-state index in [1.165, 1.54) is 19.3 Å². The summed E-state index contributed by atoms with van der Waals surface area (Å²) in [5.41, 5.74) is 0. The maximum absolute atomic E-state index is 7.56. The molecule has 0 aromatic heterocycles. The van der Waals surface area contributed by atoms with Gasteiger partial charge in [-0.05, 0) is 37.0 Å². The number of rotatable bonds is 1. The normalized spacial score (nSPS) is 56.9. The van der Waals surface area contributed by atoms with Crippen molar-refractivity contribution in [3.63, 3.8) is 0 Å². The van der Waals surface area contributed by atoms with Gasteiger partial charge < -0.3 is 0 Å². The van der Waals surface area contributed by atoms with Gasteiger partial charge in [-0.25, -0.2) is 0 Å². The quantitative estimate of drug-likeness (QED) is 0.488. The third-order valence-electron chi connectivity index (χ3n) is 2.86. The fourth-order valence-corrected chi connectivity index (χ4v) is 2.37. The highest BCUT2D eigenvalue weighted by atomic mass is 14.5.